The van der Waals surface area contributed by atoms with E-state index in [1.807, 2.05) is 6.07 Å². The maximum Gasteiger partial charge on any atom is 0.311 e. The molecule has 0 amide bonds. The maximum atomic E-state index is 11.9. The van der Waals surface area contributed by atoms with Crippen molar-refractivity contribution in [1.29, 1.82) is 0 Å². The summed E-state index contributed by atoms with van der Waals surface area (Å²) in [6.45, 7) is 0. The summed E-state index contributed by atoms with van der Waals surface area (Å²) < 4.78 is 21.0. The van der Waals surface area contributed by atoms with Crippen LogP contribution in [-0.2, 0) is 11.2 Å². The second kappa shape index (κ2) is 8.28. The summed E-state index contributed by atoms with van der Waals surface area (Å²) in [4.78, 5) is 11.9. The van der Waals surface area contributed by atoms with Gasteiger partial charge in [-0.05, 0) is 30.2 Å². The first-order chi connectivity index (χ1) is 12.0. The van der Waals surface area contributed by atoms with Gasteiger partial charge >= 0.3 is 5.97 Å². The second-order valence-corrected chi connectivity index (χ2v) is 5.39. The Bertz CT molecular complexity index is 741. The highest BCUT2D eigenvalue weighted by atomic mass is 16.5. The van der Waals surface area contributed by atoms with E-state index in [0.717, 1.165) is 5.56 Å². The van der Waals surface area contributed by atoms with Gasteiger partial charge in [0.25, 0.3) is 0 Å². The molecule has 0 spiro atoms. The molecule has 0 bridgehead atoms. The van der Waals surface area contributed by atoms with Gasteiger partial charge in [0, 0.05) is 11.6 Å². The fourth-order valence-corrected chi connectivity index (χ4v) is 2.68. The number of carbonyl (C=O) groups is 1. The molecule has 0 radical (unpaired) electrons. The molecule has 2 aromatic carbocycles. The zero-order valence-electron chi connectivity index (χ0n) is 14.7. The van der Waals surface area contributed by atoms with Gasteiger partial charge in [0.2, 0.25) is 0 Å². The van der Waals surface area contributed by atoms with Crippen LogP contribution in [0.15, 0.2) is 36.4 Å². The van der Waals surface area contributed by atoms with Crippen molar-refractivity contribution in [2.24, 2.45) is 0 Å². The lowest BCUT2D eigenvalue weighted by Gasteiger charge is -2.18. The summed E-state index contributed by atoms with van der Waals surface area (Å²) in [7, 11) is 6.16. The number of benzene rings is 2. The summed E-state index contributed by atoms with van der Waals surface area (Å²) >= 11 is 0. The molecule has 0 fully saturated rings. The molecule has 2 rings (SSSR count). The van der Waals surface area contributed by atoms with Gasteiger partial charge < -0.3 is 24.1 Å². The fraction of sp³-hybridized carbons (Fsp3) is 0.316. The molecule has 0 aliphatic carbocycles. The lowest BCUT2D eigenvalue weighted by atomic mass is 9.91. The van der Waals surface area contributed by atoms with E-state index in [1.165, 1.54) is 7.11 Å². The number of hydrogen-bond acceptors (Lipinski definition) is 5. The molecule has 2 aromatic rings. The van der Waals surface area contributed by atoms with Gasteiger partial charge in [0.05, 0.1) is 34.4 Å². The fourth-order valence-electron chi connectivity index (χ4n) is 2.68. The highest BCUT2D eigenvalue weighted by Crippen LogP contribution is 2.35. The van der Waals surface area contributed by atoms with Crippen LogP contribution in [0.3, 0.4) is 0 Å². The summed E-state index contributed by atoms with van der Waals surface area (Å²) in [6, 6.07) is 10.5. The Hall–Kier alpha value is -2.89. The van der Waals surface area contributed by atoms with Gasteiger partial charge in [-0.15, -0.1) is 0 Å². The predicted molar refractivity (Wildman–Crippen MR) is 93.2 cm³/mol. The van der Waals surface area contributed by atoms with E-state index in [0.29, 0.717) is 35.0 Å². The Morgan fingerprint density at radius 3 is 2.12 bits per heavy atom. The highest BCUT2D eigenvalue weighted by Gasteiger charge is 2.25. The molecule has 6 nitrogen and oxygen atoms in total. The average Bonchev–Trinajstić information content (AvgIpc) is 2.65. The smallest absolute Gasteiger partial charge is 0.311 e. The lowest BCUT2D eigenvalue weighted by molar-refractivity contribution is -0.138. The molecule has 1 atom stereocenters. The first-order valence-corrected chi connectivity index (χ1v) is 7.69. The number of carboxylic acid groups (broad SMARTS) is 1. The van der Waals surface area contributed by atoms with Crippen LogP contribution in [0.25, 0.3) is 0 Å². The maximum absolute atomic E-state index is 11.9. The van der Waals surface area contributed by atoms with Crippen LogP contribution in [-0.4, -0.2) is 39.5 Å². The van der Waals surface area contributed by atoms with Gasteiger partial charge in [-0.2, -0.15) is 0 Å². The molecular formula is C19H22O6. The molecule has 0 aromatic heterocycles. The Balaban J connectivity index is 2.38. The zero-order valence-corrected chi connectivity index (χ0v) is 14.7. The van der Waals surface area contributed by atoms with Crippen LogP contribution >= 0.6 is 0 Å². The normalized spacial score (nSPS) is 11.5. The van der Waals surface area contributed by atoms with E-state index in [2.05, 4.69) is 0 Å². The average molecular weight is 346 g/mol. The number of hydrogen-bond donors (Lipinski definition) is 1. The predicted octanol–water partition coefficient (Wildman–Crippen LogP) is 3.13. The quantitative estimate of drug-likeness (QED) is 0.791. The van der Waals surface area contributed by atoms with Crippen molar-refractivity contribution in [1.82, 2.24) is 0 Å². The lowest BCUT2D eigenvalue weighted by Crippen LogP contribution is -2.15. The van der Waals surface area contributed by atoms with Crippen molar-refractivity contribution in [3.63, 3.8) is 0 Å². The van der Waals surface area contributed by atoms with Crippen LogP contribution in [0.2, 0.25) is 0 Å². The topological polar surface area (TPSA) is 74.2 Å². The Kier molecular flexibility index (Phi) is 6.11. The summed E-state index contributed by atoms with van der Waals surface area (Å²) in [6.07, 6.45) is 0.290. The number of methoxy groups -OCH3 is 4. The molecule has 0 heterocycles. The first-order valence-electron chi connectivity index (χ1n) is 7.69. The molecule has 6 heteroatoms. The minimum absolute atomic E-state index is 0.290. The number of ether oxygens (including phenoxy) is 4. The van der Waals surface area contributed by atoms with Crippen LogP contribution in [0.1, 0.15) is 17.0 Å². The van der Waals surface area contributed by atoms with E-state index in [9.17, 15) is 9.90 Å². The standard InChI is InChI=1S/C19H22O6/c1-22-13-6-7-14(17(11-13)24-3)15(19(20)21)9-12-5-8-16(23-2)18(10-12)25-4/h5-8,10-11,15H,9H2,1-4H3,(H,20,21). The Labute approximate surface area is 146 Å². The van der Waals surface area contributed by atoms with Crippen molar-refractivity contribution in [3.8, 4) is 23.0 Å². The minimum atomic E-state index is -0.932. The van der Waals surface area contributed by atoms with E-state index in [1.54, 1.807) is 51.7 Å². The van der Waals surface area contributed by atoms with Crippen molar-refractivity contribution >= 4 is 5.97 Å². The zero-order chi connectivity index (χ0) is 18.4. The van der Waals surface area contributed by atoms with Crippen LogP contribution in [0.5, 0.6) is 23.0 Å². The van der Waals surface area contributed by atoms with Gasteiger partial charge in [-0.3, -0.25) is 4.79 Å². The molecule has 1 unspecified atom stereocenters. The molecule has 0 aliphatic rings. The van der Waals surface area contributed by atoms with Gasteiger partial charge in [0.1, 0.15) is 11.5 Å². The Morgan fingerprint density at radius 1 is 0.880 bits per heavy atom. The van der Waals surface area contributed by atoms with Crippen LogP contribution in [0.4, 0.5) is 0 Å². The minimum Gasteiger partial charge on any atom is -0.497 e. The molecule has 0 aliphatic heterocycles. The number of rotatable bonds is 8. The summed E-state index contributed by atoms with van der Waals surface area (Å²) in [5, 5.41) is 9.72. The van der Waals surface area contributed by atoms with Crippen LogP contribution < -0.4 is 18.9 Å². The van der Waals surface area contributed by atoms with Gasteiger partial charge in [0.15, 0.2) is 11.5 Å². The van der Waals surface area contributed by atoms with Crippen molar-refractivity contribution in [2.45, 2.75) is 12.3 Å². The third-order valence-corrected chi connectivity index (χ3v) is 4.00. The van der Waals surface area contributed by atoms with E-state index >= 15 is 0 Å². The monoisotopic (exact) mass is 346 g/mol. The van der Waals surface area contributed by atoms with E-state index in [4.69, 9.17) is 18.9 Å². The molecule has 25 heavy (non-hydrogen) atoms. The largest absolute Gasteiger partial charge is 0.497 e. The van der Waals surface area contributed by atoms with Crippen LogP contribution in [0, 0.1) is 0 Å². The summed E-state index contributed by atoms with van der Waals surface area (Å²) in [5.74, 6) is 0.547. The third kappa shape index (κ3) is 4.15. The molecule has 1 N–H and O–H groups in total. The van der Waals surface area contributed by atoms with Gasteiger partial charge in [-0.1, -0.05) is 12.1 Å². The van der Waals surface area contributed by atoms with Crippen molar-refractivity contribution in [2.75, 3.05) is 28.4 Å². The number of carboxylic acids is 1. The van der Waals surface area contributed by atoms with Crippen molar-refractivity contribution < 1.29 is 28.8 Å². The van der Waals surface area contributed by atoms with E-state index in [-0.39, 0.29) is 0 Å². The molecule has 0 saturated heterocycles. The summed E-state index contributed by atoms with van der Waals surface area (Å²) in [5.41, 5.74) is 1.41. The van der Waals surface area contributed by atoms with Gasteiger partial charge in [-0.25, -0.2) is 0 Å². The second-order valence-electron chi connectivity index (χ2n) is 5.39. The van der Waals surface area contributed by atoms with Crippen molar-refractivity contribution in [3.05, 3.63) is 47.5 Å². The third-order valence-electron chi connectivity index (χ3n) is 4.00. The molecular weight excluding hydrogens is 324 g/mol. The van der Waals surface area contributed by atoms with E-state index < -0.39 is 11.9 Å². The first kappa shape index (κ1) is 18.4. The highest BCUT2D eigenvalue weighted by molar-refractivity contribution is 5.78. The Morgan fingerprint density at radius 2 is 1.56 bits per heavy atom. The SMILES string of the molecule is COc1ccc(C(Cc2ccc(OC)c(OC)c2)C(=O)O)c(OC)c1. The number of aliphatic carboxylic acids is 1. The molecule has 0 saturated carbocycles. The molecule has 134 valence electrons.